The number of rotatable bonds is 9. The van der Waals surface area contributed by atoms with Gasteiger partial charge in [0.05, 0.1) is 44.9 Å². The van der Waals surface area contributed by atoms with Crippen molar-refractivity contribution in [2.24, 2.45) is 32.9 Å². The third kappa shape index (κ3) is 11.3. The Labute approximate surface area is 456 Å². The molecule has 11 rings (SSSR count). The molecule has 0 unspecified atom stereocenters. The summed E-state index contributed by atoms with van der Waals surface area (Å²) in [7, 11) is 0. The molecule has 5 N–H and O–H groups in total. The van der Waals surface area contributed by atoms with Gasteiger partial charge in [-0.2, -0.15) is 15.3 Å². The van der Waals surface area contributed by atoms with E-state index in [1.807, 2.05) is 95.6 Å². The maximum atomic E-state index is 13.6. The van der Waals surface area contributed by atoms with Crippen molar-refractivity contribution in [3.05, 3.63) is 186 Å². The zero-order chi connectivity index (χ0) is 52.2. The van der Waals surface area contributed by atoms with Crippen LogP contribution in [0, 0.1) is 17.7 Å². The lowest BCUT2D eigenvalue weighted by Gasteiger charge is -2.27. The van der Waals surface area contributed by atoms with E-state index < -0.39 is 5.91 Å². The van der Waals surface area contributed by atoms with E-state index in [1.54, 1.807) is 47.5 Å². The largest absolute Gasteiger partial charge is 0.364 e. The second-order valence-electron chi connectivity index (χ2n) is 17.9. The summed E-state index contributed by atoms with van der Waals surface area (Å²) in [4.78, 5) is 37.0. The fraction of sp³-hybridized carbons (Fsp3) is 0.222. The first-order valence-corrected chi connectivity index (χ1v) is 26.0. The van der Waals surface area contributed by atoms with Crippen LogP contribution in [-0.4, -0.2) is 54.5 Å². The Kier molecular flexibility index (Phi) is 16.1. The first kappa shape index (κ1) is 52.2. The lowest BCUT2D eigenvalue weighted by molar-refractivity contribution is -0.116. The zero-order valence-corrected chi connectivity index (χ0v) is 44.6. The van der Waals surface area contributed by atoms with E-state index >= 15 is 0 Å². The van der Waals surface area contributed by atoms with Gasteiger partial charge in [0.1, 0.15) is 23.0 Å². The van der Waals surface area contributed by atoms with Crippen molar-refractivity contribution in [2.45, 2.75) is 45.2 Å². The fourth-order valence-corrected chi connectivity index (χ4v) is 10.8. The highest BCUT2D eigenvalue weighted by molar-refractivity contribution is 9.10. The molecule has 6 aromatic rings. The number of hydrogen-bond acceptors (Lipinski definition) is 11. The summed E-state index contributed by atoms with van der Waals surface area (Å²) >= 11 is 28.7. The molecule has 0 saturated heterocycles. The average Bonchev–Trinajstić information content (AvgIpc) is 4.25. The molecule has 5 heterocycles. The van der Waals surface area contributed by atoms with Gasteiger partial charge in [0, 0.05) is 52.4 Å². The molecule has 0 aliphatic carbocycles. The number of amides is 3. The van der Waals surface area contributed by atoms with Crippen LogP contribution in [0.4, 0.5) is 27.1 Å². The van der Waals surface area contributed by atoms with E-state index in [0.717, 1.165) is 52.9 Å². The standard InChI is InChI=1S/C25H21BrCl2N4O.C25H21Cl2FN4O.C4H7N3O/c1-15-23(25(33)30-31-13-12-16-4-2-3-5-21(16)31)29-32(22-11-10-19(27)14-20(22)28)24(15)17-6-8-18(26)9-7-17;1-15-23(25(33)30-31-13-12-16-4-2-3-5-21(16)31)29-32(22-11-8-18(26)14-20(22)27)24(15)17-6-9-19(28)10-7-17;5-4(8)3-1-2-6-7-3/h2*2-11,14-15,24H,12-13H2,1H3,(H,30,33);6H,1-2H2,(H2,5,8)/t15-,24-;15-,24+;/m11./s1. The molecule has 0 fully saturated rings. The number of halogens is 6. The van der Waals surface area contributed by atoms with Crippen LogP contribution < -0.4 is 42.0 Å². The number of fused-ring (bicyclic) bond motifs is 2. The van der Waals surface area contributed by atoms with Gasteiger partial charge >= 0.3 is 0 Å². The normalized spacial score (nSPS) is 19.2. The zero-order valence-electron chi connectivity index (χ0n) is 40.0. The highest BCUT2D eigenvalue weighted by Crippen LogP contribution is 2.44. The number of hydrogen-bond donors (Lipinski definition) is 4. The maximum absolute atomic E-state index is 13.6. The van der Waals surface area contributed by atoms with Gasteiger partial charge in [-0.15, -0.1) is 0 Å². The summed E-state index contributed by atoms with van der Waals surface area (Å²) in [5.74, 6) is -1.69. The molecule has 5 aliphatic rings. The SMILES string of the molecule is C[C@@H]1C(C(=O)NN2CCc3ccccc32)=NN(c2ccc(Cl)cc2Cl)[C@@H]1c1ccc(F)cc1.C[C@@H]1C(C(=O)NN2CCc3ccccc32)=NN(c2ccc(Cl)cc2Cl)[C@H]1c1ccc(Br)cc1.NC(=O)C1=NNCC1. The first-order valence-electron chi connectivity index (χ1n) is 23.7. The van der Waals surface area contributed by atoms with Crippen LogP contribution in [0.2, 0.25) is 20.1 Å². The van der Waals surface area contributed by atoms with Crippen LogP contribution in [-0.2, 0) is 27.2 Å². The predicted molar refractivity (Wildman–Crippen MR) is 298 cm³/mol. The van der Waals surface area contributed by atoms with Gasteiger partial charge in [-0.25, -0.2) is 4.39 Å². The summed E-state index contributed by atoms with van der Waals surface area (Å²) in [5, 5.41) is 22.4. The third-order valence-corrected chi connectivity index (χ3v) is 14.8. The molecule has 380 valence electrons. The lowest BCUT2D eigenvalue weighted by Crippen LogP contribution is -2.45. The molecule has 4 atom stereocenters. The molecule has 0 spiro atoms. The van der Waals surface area contributed by atoms with Gasteiger partial charge < -0.3 is 11.2 Å². The number of hydrazine groups is 2. The van der Waals surface area contributed by atoms with Crippen molar-refractivity contribution in [2.75, 3.05) is 39.7 Å². The molecule has 0 aromatic heterocycles. The third-order valence-electron chi connectivity index (χ3n) is 13.2. The summed E-state index contributed by atoms with van der Waals surface area (Å²) in [6, 6.07) is 40.3. The molecule has 5 aliphatic heterocycles. The van der Waals surface area contributed by atoms with Gasteiger partial charge in [-0.1, -0.05) is 137 Å². The number of hydrazone groups is 3. The number of carbonyl (C=O) groups excluding carboxylic acids is 3. The van der Waals surface area contributed by atoms with E-state index in [4.69, 9.17) is 62.3 Å². The van der Waals surface area contributed by atoms with Crippen molar-refractivity contribution in [3.63, 3.8) is 0 Å². The number of primary amides is 1. The Balaban J connectivity index is 0.000000158. The van der Waals surface area contributed by atoms with Gasteiger partial charge in [0.25, 0.3) is 17.7 Å². The number of nitrogens with zero attached hydrogens (tertiary/aromatic N) is 7. The highest BCUT2D eigenvalue weighted by atomic mass is 79.9. The van der Waals surface area contributed by atoms with Crippen LogP contribution in [0.25, 0.3) is 0 Å². The fourth-order valence-electron chi connectivity index (χ4n) is 9.52. The Bertz CT molecular complexity index is 3010. The van der Waals surface area contributed by atoms with Gasteiger partial charge in [0.15, 0.2) is 0 Å². The minimum atomic E-state index is -0.421. The van der Waals surface area contributed by atoms with Crippen LogP contribution >= 0.6 is 62.3 Å². The quantitative estimate of drug-likeness (QED) is 0.111. The van der Waals surface area contributed by atoms with Crippen molar-refractivity contribution >= 4 is 120 Å². The van der Waals surface area contributed by atoms with E-state index in [1.165, 1.54) is 23.3 Å². The minimum absolute atomic E-state index is 0.171. The molecule has 3 amide bonds. The van der Waals surface area contributed by atoms with Crippen molar-refractivity contribution in [1.82, 2.24) is 16.3 Å². The number of para-hydroxylation sites is 2. The molecule has 20 heteroatoms. The second-order valence-corrected chi connectivity index (χ2v) is 20.5. The molecule has 6 aromatic carbocycles. The second kappa shape index (κ2) is 22.8. The highest BCUT2D eigenvalue weighted by Gasteiger charge is 2.42. The van der Waals surface area contributed by atoms with Gasteiger partial charge in [-0.3, -0.25) is 45.3 Å². The monoisotopic (exact) mass is 1140 g/mol. The topological polar surface area (TPSA) is 163 Å². The molecular formula is C54H49BrCl4FN11O3. The number of carbonyl (C=O) groups is 3. The Morgan fingerprint density at radius 2 is 1.07 bits per heavy atom. The Hall–Kier alpha value is -6.69. The Morgan fingerprint density at radius 1 is 0.622 bits per heavy atom. The maximum Gasteiger partial charge on any atom is 0.286 e. The van der Waals surface area contributed by atoms with E-state index in [2.05, 4.69) is 49.4 Å². The van der Waals surface area contributed by atoms with Gasteiger partial charge in [-0.05, 0) is 108 Å². The number of anilines is 4. The minimum Gasteiger partial charge on any atom is -0.364 e. The van der Waals surface area contributed by atoms with E-state index in [9.17, 15) is 18.8 Å². The van der Waals surface area contributed by atoms with Crippen molar-refractivity contribution in [1.29, 1.82) is 0 Å². The van der Waals surface area contributed by atoms with Crippen molar-refractivity contribution in [3.8, 4) is 0 Å². The first-order chi connectivity index (χ1) is 35.6. The number of nitrogens with one attached hydrogen (secondary N) is 3. The summed E-state index contributed by atoms with van der Waals surface area (Å²) < 4.78 is 14.6. The summed E-state index contributed by atoms with van der Waals surface area (Å²) in [6.45, 7) is 6.12. The molecule has 0 saturated carbocycles. The van der Waals surface area contributed by atoms with Crippen molar-refractivity contribution < 1.29 is 18.8 Å². The summed E-state index contributed by atoms with van der Waals surface area (Å²) in [5.41, 5.74) is 22.5. The number of nitrogens with two attached hydrogens (primary N) is 1. The molecule has 0 radical (unpaired) electrons. The van der Waals surface area contributed by atoms with Gasteiger partial charge in [0.2, 0.25) is 0 Å². The molecule has 0 bridgehead atoms. The van der Waals surface area contributed by atoms with Crippen LogP contribution in [0.3, 0.4) is 0 Å². The molecule has 14 nitrogen and oxygen atoms in total. The van der Waals surface area contributed by atoms with E-state index in [0.29, 0.717) is 61.6 Å². The molecular weight excluding hydrogens is 1090 g/mol. The molecule has 74 heavy (non-hydrogen) atoms. The van der Waals surface area contributed by atoms with Crippen LogP contribution in [0.15, 0.2) is 153 Å². The predicted octanol–water partition coefficient (Wildman–Crippen LogP) is 11.0. The average molecular weight is 1140 g/mol. The number of benzene rings is 6. The van der Waals surface area contributed by atoms with Crippen LogP contribution in [0.5, 0.6) is 0 Å². The van der Waals surface area contributed by atoms with E-state index in [-0.39, 0.29) is 41.6 Å². The summed E-state index contributed by atoms with van der Waals surface area (Å²) in [6.07, 6.45) is 2.42. The lowest BCUT2D eigenvalue weighted by atomic mass is 9.91. The van der Waals surface area contributed by atoms with Crippen LogP contribution in [0.1, 0.15) is 54.6 Å². The smallest absolute Gasteiger partial charge is 0.286 e. The Morgan fingerprint density at radius 3 is 1.47 bits per heavy atom.